The van der Waals surface area contributed by atoms with Crippen LogP contribution in [0, 0.1) is 6.92 Å². The fourth-order valence-corrected chi connectivity index (χ4v) is 1.97. The third-order valence-corrected chi connectivity index (χ3v) is 2.67. The van der Waals surface area contributed by atoms with Gasteiger partial charge in [-0.1, -0.05) is 35.9 Å². The van der Waals surface area contributed by atoms with E-state index in [2.05, 4.69) is 0 Å². The predicted molar refractivity (Wildman–Crippen MR) is 59.1 cm³/mol. The number of hydrogen-bond donors (Lipinski definition) is 0. The van der Waals surface area contributed by atoms with Crippen molar-refractivity contribution < 1.29 is 4.79 Å². The average Bonchev–Trinajstić information content (AvgIpc) is 2.18. The van der Waals surface area contributed by atoms with Gasteiger partial charge in [-0.15, -0.1) is 0 Å². The molecule has 0 aliphatic rings. The lowest BCUT2D eigenvalue weighted by Gasteiger charge is -2.06. The lowest BCUT2D eigenvalue weighted by atomic mass is 10.0. The highest BCUT2D eigenvalue weighted by Gasteiger charge is 2.06. The molecule has 70 valence electrons. The first-order valence-corrected chi connectivity index (χ1v) is 4.75. The number of halogens is 1. The Morgan fingerprint density at radius 3 is 2.50 bits per heavy atom. The quantitative estimate of drug-likeness (QED) is 0.649. The Bertz CT molecular complexity index is 503. The van der Waals surface area contributed by atoms with E-state index in [0.29, 0.717) is 5.02 Å². The van der Waals surface area contributed by atoms with Crippen molar-refractivity contribution in [2.75, 3.05) is 0 Å². The van der Waals surface area contributed by atoms with Gasteiger partial charge in [0.2, 0.25) is 0 Å². The van der Waals surface area contributed by atoms with Crippen molar-refractivity contribution in [3.8, 4) is 0 Å². The van der Waals surface area contributed by atoms with E-state index in [1.165, 1.54) is 0 Å². The maximum absolute atomic E-state index is 10.9. The Hall–Kier alpha value is -1.34. The lowest BCUT2D eigenvalue weighted by molar-refractivity contribution is 0.112. The van der Waals surface area contributed by atoms with Gasteiger partial charge >= 0.3 is 0 Å². The first kappa shape index (κ1) is 9.22. The van der Waals surface area contributed by atoms with Gasteiger partial charge < -0.3 is 0 Å². The molecule has 0 amide bonds. The van der Waals surface area contributed by atoms with E-state index < -0.39 is 0 Å². The van der Waals surface area contributed by atoms with Crippen molar-refractivity contribution >= 4 is 28.7 Å². The third-order valence-electron chi connectivity index (χ3n) is 2.36. The van der Waals surface area contributed by atoms with Gasteiger partial charge in [0.05, 0.1) is 0 Å². The van der Waals surface area contributed by atoms with E-state index in [-0.39, 0.29) is 0 Å². The smallest absolute Gasteiger partial charge is 0.150 e. The number of fused-ring (bicyclic) bond motifs is 1. The van der Waals surface area contributed by atoms with Gasteiger partial charge in [-0.25, -0.2) is 0 Å². The van der Waals surface area contributed by atoms with Crippen LogP contribution in [0.2, 0.25) is 5.02 Å². The summed E-state index contributed by atoms with van der Waals surface area (Å²) < 4.78 is 0. The number of hydrogen-bond acceptors (Lipinski definition) is 1. The molecule has 0 atom stereocenters. The topological polar surface area (TPSA) is 17.1 Å². The number of benzene rings is 2. The highest BCUT2D eigenvalue weighted by atomic mass is 35.5. The number of aldehydes is 1. The molecule has 2 rings (SSSR count). The molecule has 0 radical (unpaired) electrons. The van der Waals surface area contributed by atoms with Crippen LogP contribution in [0.4, 0.5) is 0 Å². The molecule has 0 bridgehead atoms. The van der Waals surface area contributed by atoms with Crippen LogP contribution in [0.25, 0.3) is 10.8 Å². The summed E-state index contributed by atoms with van der Waals surface area (Å²) in [5.74, 6) is 0. The highest BCUT2D eigenvalue weighted by molar-refractivity contribution is 6.36. The standard InChI is InChI=1S/C12H9ClO/c1-8-6-12(13)10-5-3-2-4-9(10)11(8)7-14/h2-7H,1H3. The second-order valence-corrected chi connectivity index (χ2v) is 3.66. The van der Waals surface area contributed by atoms with E-state index in [0.717, 1.165) is 28.2 Å². The molecule has 0 aromatic heterocycles. The Labute approximate surface area is 87.3 Å². The monoisotopic (exact) mass is 204 g/mol. The summed E-state index contributed by atoms with van der Waals surface area (Å²) in [5, 5.41) is 2.55. The molecule has 0 heterocycles. The second kappa shape index (κ2) is 3.43. The molecule has 0 unspecified atom stereocenters. The van der Waals surface area contributed by atoms with E-state index in [1.54, 1.807) is 0 Å². The normalized spacial score (nSPS) is 10.4. The summed E-state index contributed by atoms with van der Waals surface area (Å²) in [4.78, 5) is 10.9. The molecule has 2 aromatic carbocycles. The summed E-state index contributed by atoms with van der Waals surface area (Å²) in [7, 11) is 0. The van der Waals surface area contributed by atoms with E-state index >= 15 is 0 Å². The Kier molecular flexibility index (Phi) is 2.26. The van der Waals surface area contributed by atoms with E-state index in [4.69, 9.17) is 11.6 Å². The van der Waals surface area contributed by atoms with Gasteiger partial charge in [0, 0.05) is 16.0 Å². The molecule has 0 aliphatic carbocycles. The van der Waals surface area contributed by atoms with Crippen molar-refractivity contribution in [2.24, 2.45) is 0 Å². The molecule has 0 spiro atoms. The zero-order valence-corrected chi connectivity index (χ0v) is 8.51. The van der Waals surface area contributed by atoms with Crippen molar-refractivity contribution in [3.05, 3.63) is 46.5 Å². The number of carbonyl (C=O) groups excluding carboxylic acids is 1. The van der Waals surface area contributed by atoms with Crippen LogP contribution < -0.4 is 0 Å². The minimum absolute atomic E-state index is 0.698. The highest BCUT2D eigenvalue weighted by Crippen LogP contribution is 2.28. The zero-order valence-electron chi connectivity index (χ0n) is 7.75. The zero-order chi connectivity index (χ0) is 10.1. The molecule has 0 fully saturated rings. The first-order chi connectivity index (χ1) is 6.74. The molecular weight excluding hydrogens is 196 g/mol. The molecule has 0 saturated carbocycles. The Morgan fingerprint density at radius 2 is 1.86 bits per heavy atom. The van der Waals surface area contributed by atoms with Crippen LogP contribution in [0.5, 0.6) is 0 Å². The van der Waals surface area contributed by atoms with Gasteiger partial charge in [0.25, 0.3) is 0 Å². The summed E-state index contributed by atoms with van der Waals surface area (Å²) in [6.45, 7) is 1.89. The molecule has 0 N–H and O–H groups in total. The van der Waals surface area contributed by atoms with Crippen molar-refractivity contribution in [1.82, 2.24) is 0 Å². The lowest BCUT2D eigenvalue weighted by Crippen LogP contribution is -1.89. The van der Waals surface area contributed by atoms with Crippen LogP contribution in [0.1, 0.15) is 15.9 Å². The summed E-state index contributed by atoms with van der Waals surface area (Å²) >= 11 is 6.08. The van der Waals surface area contributed by atoms with Gasteiger partial charge in [0.1, 0.15) is 0 Å². The van der Waals surface area contributed by atoms with Crippen LogP contribution >= 0.6 is 11.6 Å². The fourth-order valence-electron chi connectivity index (χ4n) is 1.64. The SMILES string of the molecule is Cc1cc(Cl)c2ccccc2c1C=O. The largest absolute Gasteiger partial charge is 0.298 e. The average molecular weight is 205 g/mol. The summed E-state index contributed by atoms with van der Waals surface area (Å²) in [6.07, 6.45) is 0.883. The molecule has 0 saturated heterocycles. The van der Waals surface area contributed by atoms with Crippen LogP contribution in [0.3, 0.4) is 0 Å². The van der Waals surface area contributed by atoms with Gasteiger partial charge in [0.15, 0.2) is 6.29 Å². The molecule has 2 aromatic rings. The molecule has 1 nitrogen and oxygen atoms in total. The Balaban J connectivity index is 2.97. The van der Waals surface area contributed by atoms with Crippen LogP contribution in [-0.2, 0) is 0 Å². The molecule has 14 heavy (non-hydrogen) atoms. The first-order valence-electron chi connectivity index (χ1n) is 4.37. The minimum atomic E-state index is 0.698. The molecule has 2 heteroatoms. The predicted octanol–water partition coefficient (Wildman–Crippen LogP) is 3.61. The number of rotatable bonds is 1. The van der Waals surface area contributed by atoms with Crippen molar-refractivity contribution in [1.29, 1.82) is 0 Å². The molecular formula is C12H9ClO. The third kappa shape index (κ3) is 1.30. The van der Waals surface area contributed by atoms with E-state index in [9.17, 15) is 4.79 Å². The Morgan fingerprint density at radius 1 is 1.21 bits per heavy atom. The van der Waals surface area contributed by atoms with Crippen molar-refractivity contribution in [3.63, 3.8) is 0 Å². The van der Waals surface area contributed by atoms with Crippen molar-refractivity contribution in [2.45, 2.75) is 6.92 Å². The number of aryl methyl sites for hydroxylation is 1. The maximum Gasteiger partial charge on any atom is 0.150 e. The maximum atomic E-state index is 10.9. The van der Waals surface area contributed by atoms with Gasteiger partial charge in [-0.05, 0) is 23.9 Å². The molecule has 0 aliphatic heterocycles. The van der Waals surface area contributed by atoms with Gasteiger partial charge in [-0.3, -0.25) is 4.79 Å². The summed E-state index contributed by atoms with van der Waals surface area (Å²) in [5.41, 5.74) is 1.65. The number of carbonyl (C=O) groups is 1. The van der Waals surface area contributed by atoms with E-state index in [1.807, 2.05) is 37.3 Å². The fraction of sp³-hybridized carbons (Fsp3) is 0.0833. The van der Waals surface area contributed by atoms with Gasteiger partial charge in [-0.2, -0.15) is 0 Å². The van der Waals surface area contributed by atoms with Crippen LogP contribution in [0.15, 0.2) is 30.3 Å². The second-order valence-electron chi connectivity index (χ2n) is 3.25. The summed E-state index contributed by atoms with van der Waals surface area (Å²) in [6, 6.07) is 9.49. The minimum Gasteiger partial charge on any atom is -0.298 e. The van der Waals surface area contributed by atoms with Crippen LogP contribution in [-0.4, -0.2) is 6.29 Å².